The van der Waals surface area contributed by atoms with Gasteiger partial charge in [-0.25, -0.2) is 22.0 Å². The van der Waals surface area contributed by atoms with Crippen LogP contribution in [0.25, 0.3) is 5.57 Å². The number of nitrogens with zero attached hydrogens (tertiary/aromatic N) is 1. The van der Waals surface area contributed by atoms with Gasteiger partial charge in [-0.3, -0.25) is 9.59 Å². The zero-order valence-electron chi connectivity index (χ0n) is 20.2. The smallest absolute Gasteiger partial charge is 0.417 e. The van der Waals surface area contributed by atoms with Crippen LogP contribution in [0.4, 0.5) is 40.8 Å². The number of carbonyl (C=O) groups is 2. The Kier molecular flexibility index (Phi) is 8.58. The molecule has 1 heterocycles. The van der Waals surface area contributed by atoms with Gasteiger partial charge in [-0.05, 0) is 36.4 Å². The van der Waals surface area contributed by atoms with E-state index < -0.39 is 89.8 Å². The fourth-order valence-corrected chi connectivity index (χ4v) is 3.81. The van der Waals surface area contributed by atoms with Gasteiger partial charge in [0.2, 0.25) is 5.91 Å². The average molecular weight is 566 g/mol. The molecule has 0 bridgehead atoms. The van der Waals surface area contributed by atoms with E-state index >= 15 is 8.78 Å². The zero-order valence-corrected chi connectivity index (χ0v) is 20.2. The number of hydrogen-bond donors (Lipinski definition) is 2. The summed E-state index contributed by atoms with van der Waals surface area (Å²) in [4.78, 5) is 26.1. The number of fused-ring (bicyclic) bond motifs is 1. The van der Waals surface area contributed by atoms with Gasteiger partial charge in [0.05, 0.1) is 23.4 Å². The molecule has 39 heavy (non-hydrogen) atoms. The highest BCUT2D eigenvalue weighted by atomic mass is 19.4. The number of alkyl halides is 7. The lowest BCUT2D eigenvalue weighted by Crippen LogP contribution is -2.34. The number of carbonyl (C=O) groups excluding carboxylic acids is 2. The van der Waals surface area contributed by atoms with Crippen LogP contribution in [0.15, 0.2) is 42.5 Å². The number of anilines is 1. The molecular weight excluding hydrogens is 544 g/mol. The SMILES string of the molecule is CC(F)(F)COc1ccc(C(=O)N2CCC(F)(F)/C(=C\C(=O)NCCO)c3cc(F)ccc32)c(C(F)(F)F)c1. The van der Waals surface area contributed by atoms with Crippen LogP contribution in [0.1, 0.15) is 34.8 Å². The lowest BCUT2D eigenvalue weighted by Gasteiger charge is -2.25. The number of nitrogens with one attached hydrogen (secondary N) is 1. The topological polar surface area (TPSA) is 78.9 Å². The second-order valence-electron chi connectivity index (χ2n) is 8.71. The standard InChI is InChI=1S/C25H22F8N2O4/c1-23(27,28)13-39-15-3-4-16(19(11-15)25(31,32)33)22(38)35-8-6-24(29,30)18(12-21(37)34-7-9-36)17-10-14(26)2-5-20(17)35/h2-5,10-12,36H,6-9,13H2,1H3,(H,34,37)/b18-12-. The minimum atomic E-state index is -5.17. The molecule has 3 rings (SSSR count). The average Bonchev–Trinajstić information content (AvgIpc) is 2.93. The highest BCUT2D eigenvalue weighted by Gasteiger charge is 2.43. The third kappa shape index (κ3) is 7.25. The van der Waals surface area contributed by atoms with Crippen LogP contribution < -0.4 is 15.0 Å². The molecule has 0 saturated heterocycles. The Balaban J connectivity index is 2.11. The molecule has 0 spiro atoms. The van der Waals surface area contributed by atoms with Crippen LogP contribution in [0, 0.1) is 5.82 Å². The number of rotatable bonds is 7. The van der Waals surface area contributed by atoms with Crippen molar-refractivity contribution in [2.24, 2.45) is 0 Å². The highest BCUT2D eigenvalue weighted by Crippen LogP contribution is 2.44. The summed E-state index contributed by atoms with van der Waals surface area (Å²) in [5.74, 6) is -11.2. The Bertz CT molecular complexity index is 1270. The largest absolute Gasteiger partial charge is 0.487 e. The second kappa shape index (κ2) is 11.2. The molecule has 0 aromatic heterocycles. The van der Waals surface area contributed by atoms with Gasteiger partial charge < -0.3 is 20.1 Å². The Morgan fingerprint density at radius 2 is 1.82 bits per heavy atom. The van der Waals surface area contributed by atoms with Crippen molar-refractivity contribution in [3.8, 4) is 5.75 Å². The number of halogens is 8. The summed E-state index contributed by atoms with van der Waals surface area (Å²) < 4.78 is 117. The quantitative estimate of drug-likeness (QED) is 0.363. The molecule has 6 nitrogen and oxygen atoms in total. The van der Waals surface area contributed by atoms with E-state index in [-0.39, 0.29) is 12.2 Å². The molecule has 0 unspecified atom stereocenters. The van der Waals surface area contributed by atoms with Gasteiger partial charge in [0, 0.05) is 43.6 Å². The maximum atomic E-state index is 15.1. The lowest BCUT2D eigenvalue weighted by atomic mass is 9.96. The summed E-state index contributed by atoms with van der Waals surface area (Å²) in [5, 5.41) is 11.0. The molecule has 14 heteroatoms. The number of allylic oxidation sites excluding steroid dienone is 1. The summed E-state index contributed by atoms with van der Waals surface area (Å²) in [6.07, 6.45) is -5.84. The molecule has 0 atom stereocenters. The molecule has 1 aliphatic heterocycles. The molecule has 2 aromatic rings. The number of ether oxygens (including phenoxy) is 1. The van der Waals surface area contributed by atoms with Crippen LogP contribution in [-0.2, 0) is 11.0 Å². The maximum absolute atomic E-state index is 15.1. The molecule has 0 radical (unpaired) electrons. The van der Waals surface area contributed by atoms with Gasteiger partial charge in [-0.2, -0.15) is 13.2 Å². The Hall–Kier alpha value is -3.68. The van der Waals surface area contributed by atoms with E-state index in [1.807, 2.05) is 0 Å². The number of benzene rings is 2. The highest BCUT2D eigenvalue weighted by molar-refractivity contribution is 6.10. The molecule has 1 aliphatic rings. The monoisotopic (exact) mass is 566 g/mol. The van der Waals surface area contributed by atoms with Crippen LogP contribution in [0.5, 0.6) is 5.75 Å². The summed E-state index contributed by atoms with van der Waals surface area (Å²) in [5.41, 5.74) is -4.54. The van der Waals surface area contributed by atoms with Gasteiger partial charge in [-0.1, -0.05) is 0 Å². The number of aliphatic hydroxyl groups excluding tert-OH is 1. The van der Waals surface area contributed by atoms with E-state index in [2.05, 4.69) is 5.32 Å². The first-order valence-corrected chi connectivity index (χ1v) is 11.4. The van der Waals surface area contributed by atoms with E-state index in [1.54, 1.807) is 0 Å². The first-order valence-electron chi connectivity index (χ1n) is 11.4. The fourth-order valence-electron chi connectivity index (χ4n) is 3.81. The first kappa shape index (κ1) is 29.9. The predicted molar refractivity (Wildman–Crippen MR) is 123 cm³/mol. The molecular formula is C25H22F8N2O4. The van der Waals surface area contributed by atoms with Gasteiger partial charge in [-0.15, -0.1) is 0 Å². The van der Waals surface area contributed by atoms with Crippen molar-refractivity contribution >= 4 is 23.1 Å². The minimum Gasteiger partial charge on any atom is -0.487 e. The molecule has 2 N–H and O–H groups in total. The summed E-state index contributed by atoms with van der Waals surface area (Å²) >= 11 is 0. The van der Waals surface area contributed by atoms with Gasteiger partial charge in [0.15, 0.2) is 6.61 Å². The number of hydrogen-bond acceptors (Lipinski definition) is 4. The summed E-state index contributed by atoms with van der Waals surface area (Å²) in [6, 6.07) is 4.19. The summed E-state index contributed by atoms with van der Waals surface area (Å²) in [7, 11) is 0. The molecule has 2 aromatic carbocycles. The van der Waals surface area contributed by atoms with Crippen LogP contribution in [0.3, 0.4) is 0 Å². The third-order valence-corrected chi connectivity index (χ3v) is 5.53. The Labute approximate surface area is 216 Å². The van der Waals surface area contributed by atoms with E-state index in [9.17, 15) is 35.9 Å². The number of amides is 2. The third-order valence-electron chi connectivity index (χ3n) is 5.53. The van der Waals surface area contributed by atoms with Crippen molar-refractivity contribution in [2.45, 2.75) is 31.4 Å². The molecule has 0 aliphatic carbocycles. The van der Waals surface area contributed by atoms with Crippen molar-refractivity contribution in [1.82, 2.24) is 5.32 Å². The Morgan fingerprint density at radius 1 is 1.13 bits per heavy atom. The van der Waals surface area contributed by atoms with Crippen LogP contribution in [0.2, 0.25) is 0 Å². The van der Waals surface area contributed by atoms with Crippen LogP contribution in [-0.4, -0.2) is 55.1 Å². The van der Waals surface area contributed by atoms with Crippen molar-refractivity contribution < 1.29 is 54.6 Å². The molecule has 0 saturated carbocycles. The summed E-state index contributed by atoms with van der Waals surface area (Å²) in [6.45, 7) is -2.34. The molecule has 0 fully saturated rings. The lowest BCUT2D eigenvalue weighted by molar-refractivity contribution is -0.138. The van der Waals surface area contributed by atoms with Crippen molar-refractivity contribution in [3.63, 3.8) is 0 Å². The first-order chi connectivity index (χ1) is 18.0. The van der Waals surface area contributed by atoms with Gasteiger partial charge >= 0.3 is 6.18 Å². The van der Waals surface area contributed by atoms with Crippen molar-refractivity contribution in [2.75, 3.05) is 31.2 Å². The maximum Gasteiger partial charge on any atom is 0.417 e. The normalized spacial score (nSPS) is 16.5. The zero-order chi connectivity index (χ0) is 29.2. The Morgan fingerprint density at radius 3 is 2.44 bits per heavy atom. The molecule has 2 amide bonds. The predicted octanol–water partition coefficient (Wildman–Crippen LogP) is 5.06. The van der Waals surface area contributed by atoms with Gasteiger partial charge in [0.1, 0.15) is 11.6 Å². The number of aliphatic hydroxyl groups is 1. The van der Waals surface area contributed by atoms with E-state index in [4.69, 9.17) is 9.84 Å². The van der Waals surface area contributed by atoms with E-state index in [1.165, 1.54) is 0 Å². The van der Waals surface area contributed by atoms with Gasteiger partial charge in [0.25, 0.3) is 17.8 Å². The minimum absolute atomic E-state index is 0.273. The second-order valence-corrected chi connectivity index (χ2v) is 8.71. The fraction of sp³-hybridized carbons (Fsp3) is 0.360. The van der Waals surface area contributed by atoms with Crippen molar-refractivity contribution in [3.05, 3.63) is 65.0 Å². The molecule has 212 valence electrons. The van der Waals surface area contributed by atoms with Crippen molar-refractivity contribution in [1.29, 1.82) is 0 Å². The van der Waals surface area contributed by atoms with E-state index in [0.717, 1.165) is 18.2 Å². The van der Waals surface area contributed by atoms with E-state index in [0.29, 0.717) is 36.1 Å². The van der Waals surface area contributed by atoms with Crippen LogP contribution >= 0.6 is 0 Å².